The first-order valence-corrected chi connectivity index (χ1v) is 8.36. The summed E-state index contributed by atoms with van der Waals surface area (Å²) < 4.78 is 31.5. The third kappa shape index (κ3) is 3.39. The van der Waals surface area contributed by atoms with E-state index >= 15 is 0 Å². The minimum Gasteiger partial charge on any atom is -0.497 e. The first-order valence-electron chi connectivity index (χ1n) is 6.89. The van der Waals surface area contributed by atoms with Gasteiger partial charge in [0.1, 0.15) is 11.5 Å². The van der Waals surface area contributed by atoms with Gasteiger partial charge in [0, 0.05) is 17.2 Å². The molecular formula is C16H14N2O5S. The van der Waals surface area contributed by atoms with Gasteiger partial charge in [-0.15, -0.1) is 0 Å². The molecule has 0 atom stereocenters. The Hall–Kier alpha value is -2.84. The Kier molecular flexibility index (Phi) is 4.00. The Morgan fingerprint density at radius 3 is 2.38 bits per heavy atom. The Labute approximate surface area is 139 Å². The molecule has 0 bridgehead atoms. The van der Waals surface area contributed by atoms with Crippen LogP contribution in [0.4, 0.5) is 5.69 Å². The fourth-order valence-corrected chi connectivity index (χ4v) is 2.74. The number of nitrogens with one attached hydrogen (secondary N) is 1. The summed E-state index contributed by atoms with van der Waals surface area (Å²) in [5.41, 5.74) is 2.67. The number of nitrogens with two attached hydrogens (primary N) is 1. The van der Waals surface area contributed by atoms with Crippen molar-refractivity contribution >= 4 is 33.5 Å². The summed E-state index contributed by atoms with van der Waals surface area (Å²) in [4.78, 5) is 12.1. The number of carbonyl (C=O) groups is 1. The van der Waals surface area contributed by atoms with E-state index in [2.05, 4.69) is 9.50 Å². The smallest absolute Gasteiger partial charge is 0.380 e. The molecule has 0 saturated heterocycles. The van der Waals surface area contributed by atoms with E-state index in [1.165, 1.54) is 12.1 Å². The second-order valence-electron chi connectivity index (χ2n) is 5.07. The molecular weight excluding hydrogens is 332 g/mol. The molecule has 124 valence electrons. The number of hydrogen-bond acceptors (Lipinski definition) is 5. The number of methoxy groups -OCH3 is 1. The first-order chi connectivity index (χ1) is 11.4. The van der Waals surface area contributed by atoms with Crippen LogP contribution in [0.5, 0.6) is 11.5 Å². The van der Waals surface area contributed by atoms with Crippen LogP contribution in [0.2, 0.25) is 0 Å². The highest BCUT2D eigenvalue weighted by Gasteiger charge is 2.24. The van der Waals surface area contributed by atoms with Crippen molar-refractivity contribution in [3.63, 3.8) is 0 Å². The van der Waals surface area contributed by atoms with Crippen LogP contribution in [0.25, 0.3) is 11.6 Å². The predicted molar refractivity (Wildman–Crippen MR) is 89.7 cm³/mol. The monoisotopic (exact) mass is 346 g/mol. The average Bonchev–Trinajstić information content (AvgIpc) is 2.82. The Bertz CT molecular complexity index is 933. The molecule has 0 spiro atoms. The largest absolute Gasteiger partial charge is 0.497 e. The van der Waals surface area contributed by atoms with E-state index in [0.717, 1.165) is 5.56 Å². The van der Waals surface area contributed by atoms with Crippen molar-refractivity contribution in [3.05, 3.63) is 53.6 Å². The zero-order valence-electron chi connectivity index (χ0n) is 12.6. The van der Waals surface area contributed by atoms with Crippen LogP contribution in [0.1, 0.15) is 11.1 Å². The molecule has 1 aliphatic heterocycles. The molecule has 0 aromatic heterocycles. The number of hydrogen-bond donors (Lipinski definition) is 2. The SMILES string of the molecule is COc1ccc2c(c1)NC(=O)/C2=C/c1ccc(OS(N)(=O)=O)cc1. The molecule has 2 aromatic rings. The lowest BCUT2D eigenvalue weighted by molar-refractivity contribution is -0.110. The summed E-state index contributed by atoms with van der Waals surface area (Å²) in [6, 6.07) is 11.5. The Morgan fingerprint density at radius 1 is 1.08 bits per heavy atom. The molecule has 1 heterocycles. The highest BCUT2D eigenvalue weighted by molar-refractivity contribution is 7.84. The standard InChI is InChI=1S/C16H14N2O5S/c1-22-12-6-7-13-14(16(19)18-15(13)9-12)8-10-2-4-11(5-3-10)23-24(17,20)21/h2-9H,1H3,(H,18,19)(H2,17,20,21)/b14-8+. The van der Waals surface area contributed by atoms with Gasteiger partial charge in [0.15, 0.2) is 0 Å². The Balaban J connectivity index is 1.91. The highest BCUT2D eigenvalue weighted by atomic mass is 32.2. The molecule has 3 rings (SSSR count). The van der Waals surface area contributed by atoms with E-state index in [1.54, 1.807) is 43.5 Å². The maximum Gasteiger partial charge on any atom is 0.380 e. The molecule has 0 fully saturated rings. The fourth-order valence-electron chi connectivity index (χ4n) is 2.36. The minimum absolute atomic E-state index is 0.0978. The highest BCUT2D eigenvalue weighted by Crippen LogP contribution is 2.35. The number of anilines is 1. The van der Waals surface area contributed by atoms with Crippen LogP contribution in [-0.2, 0) is 15.1 Å². The van der Waals surface area contributed by atoms with Crippen molar-refractivity contribution in [3.8, 4) is 11.5 Å². The van der Waals surface area contributed by atoms with Crippen molar-refractivity contribution in [2.45, 2.75) is 0 Å². The van der Waals surface area contributed by atoms with Gasteiger partial charge >= 0.3 is 10.3 Å². The van der Waals surface area contributed by atoms with Gasteiger partial charge < -0.3 is 14.2 Å². The van der Waals surface area contributed by atoms with Gasteiger partial charge in [0.05, 0.1) is 12.8 Å². The molecule has 2 aromatic carbocycles. The van der Waals surface area contributed by atoms with Crippen molar-refractivity contribution in [2.24, 2.45) is 5.14 Å². The maximum absolute atomic E-state index is 12.1. The molecule has 7 nitrogen and oxygen atoms in total. The molecule has 8 heteroatoms. The van der Waals surface area contributed by atoms with Crippen molar-refractivity contribution in [2.75, 3.05) is 12.4 Å². The summed E-state index contributed by atoms with van der Waals surface area (Å²) in [5.74, 6) is 0.531. The molecule has 0 radical (unpaired) electrons. The topological polar surface area (TPSA) is 108 Å². The summed E-state index contributed by atoms with van der Waals surface area (Å²) in [6.07, 6.45) is 1.70. The van der Waals surface area contributed by atoms with E-state index < -0.39 is 10.3 Å². The first kappa shape index (κ1) is 16.0. The molecule has 0 saturated carbocycles. The normalized spacial score (nSPS) is 15.1. The van der Waals surface area contributed by atoms with Gasteiger partial charge in [-0.2, -0.15) is 13.6 Å². The van der Waals surface area contributed by atoms with E-state index in [4.69, 9.17) is 9.88 Å². The van der Waals surface area contributed by atoms with Crippen LogP contribution < -0.4 is 19.4 Å². The number of rotatable bonds is 4. The number of carbonyl (C=O) groups excluding carboxylic acids is 1. The van der Waals surface area contributed by atoms with Gasteiger partial charge in [-0.25, -0.2) is 0 Å². The van der Waals surface area contributed by atoms with E-state index in [0.29, 0.717) is 22.6 Å². The minimum atomic E-state index is -4.06. The molecule has 24 heavy (non-hydrogen) atoms. The summed E-state index contributed by atoms with van der Waals surface area (Å²) >= 11 is 0. The lowest BCUT2D eigenvalue weighted by atomic mass is 10.0. The van der Waals surface area contributed by atoms with E-state index in [1.807, 2.05) is 0 Å². The van der Waals surface area contributed by atoms with Crippen molar-refractivity contribution < 1.29 is 22.1 Å². The average molecular weight is 346 g/mol. The predicted octanol–water partition coefficient (Wildman–Crippen LogP) is 1.77. The second kappa shape index (κ2) is 5.99. The zero-order valence-corrected chi connectivity index (χ0v) is 13.5. The lowest BCUT2D eigenvalue weighted by Gasteiger charge is -2.04. The summed E-state index contributed by atoms with van der Waals surface area (Å²) in [6.45, 7) is 0. The number of amides is 1. The van der Waals surface area contributed by atoms with Crippen molar-refractivity contribution in [1.82, 2.24) is 0 Å². The summed E-state index contributed by atoms with van der Waals surface area (Å²) in [5, 5.41) is 7.58. The van der Waals surface area contributed by atoms with Crippen LogP contribution in [0.15, 0.2) is 42.5 Å². The van der Waals surface area contributed by atoms with Crippen LogP contribution >= 0.6 is 0 Å². The number of benzene rings is 2. The molecule has 0 unspecified atom stereocenters. The van der Waals surface area contributed by atoms with Gasteiger partial charge in [-0.05, 0) is 35.9 Å². The van der Waals surface area contributed by atoms with Gasteiger partial charge in [0.2, 0.25) is 0 Å². The van der Waals surface area contributed by atoms with E-state index in [-0.39, 0.29) is 11.7 Å². The summed E-state index contributed by atoms with van der Waals surface area (Å²) in [7, 11) is -2.50. The van der Waals surface area contributed by atoms with Crippen LogP contribution in [-0.4, -0.2) is 21.4 Å². The third-order valence-electron chi connectivity index (χ3n) is 3.41. The molecule has 3 N–H and O–H groups in total. The molecule has 1 amide bonds. The van der Waals surface area contributed by atoms with Gasteiger partial charge in [-0.3, -0.25) is 4.79 Å². The van der Waals surface area contributed by atoms with Gasteiger partial charge in [-0.1, -0.05) is 12.1 Å². The molecule has 0 aliphatic carbocycles. The third-order valence-corrected chi connectivity index (χ3v) is 3.84. The number of fused-ring (bicyclic) bond motifs is 1. The zero-order chi connectivity index (χ0) is 17.3. The number of ether oxygens (including phenoxy) is 1. The van der Waals surface area contributed by atoms with Crippen molar-refractivity contribution in [1.29, 1.82) is 0 Å². The maximum atomic E-state index is 12.1. The van der Waals surface area contributed by atoms with Crippen LogP contribution in [0.3, 0.4) is 0 Å². The molecule has 1 aliphatic rings. The lowest BCUT2D eigenvalue weighted by Crippen LogP contribution is -2.18. The Morgan fingerprint density at radius 2 is 1.75 bits per heavy atom. The van der Waals surface area contributed by atoms with Crippen LogP contribution in [0, 0.1) is 0 Å². The van der Waals surface area contributed by atoms with E-state index in [9.17, 15) is 13.2 Å². The van der Waals surface area contributed by atoms with Gasteiger partial charge in [0.25, 0.3) is 5.91 Å². The quantitative estimate of drug-likeness (QED) is 0.820. The second-order valence-corrected chi connectivity index (χ2v) is 6.22. The fraction of sp³-hybridized carbons (Fsp3) is 0.0625.